The van der Waals surface area contributed by atoms with Crippen molar-refractivity contribution in [3.8, 4) is 0 Å². The molecule has 4 nitrogen and oxygen atoms in total. The van der Waals surface area contributed by atoms with Gasteiger partial charge in [0.15, 0.2) is 0 Å². The number of rotatable bonds is 2. The lowest BCUT2D eigenvalue weighted by Crippen LogP contribution is -2.40. The second kappa shape index (κ2) is 8.16. The molecule has 2 rings (SSSR count). The molecule has 1 aromatic rings. The first-order valence-corrected chi connectivity index (χ1v) is 8.40. The van der Waals surface area contributed by atoms with Gasteiger partial charge in [-0.15, -0.1) is 0 Å². The number of anilines is 1. The molecule has 0 N–H and O–H groups in total. The van der Waals surface area contributed by atoms with Gasteiger partial charge in [-0.2, -0.15) is 0 Å². The summed E-state index contributed by atoms with van der Waals surface area (Å²) in [6.45, 7) is 12.5. The van der Waals surface area contributed by atoms with Gasteiger partial charge in [-0.3, -0.25) is 4.90 Å². The highest BCUT2D eigenvalue weighted by atomic mass is 16.6. The van der Waals surface area contributed by atoms with Crippen molar-refractivity contribution in [1.29, 1.82) is 0 Å². The molecule has 0 fully saturated rings. The molecule has 0 aliphatic carbocycles. The van der Waals surface area contributed by atoms with Crippen molar-refractivity contribution < 1.29 is 9.53 Å². The molecule has 1 amide bonds. The van der Waals surface area contributed by atoms with E-state index in [-0.39, 0.29) is 6.09 Å². The summed E-state index contributed by atoms with van der Waals surface area (Å²) >= 11 is 0. The van der Waals surface area contributed by atoms with Crippen LogP contribution in [0.15, 0.2) is 12.1 Å². The number of aryl methyl sites for hydroxylation is 2. The maximum Gasteiger partial charge on any atom is 0.416 e. The van der Waals surface area contributed by atoms with Crippen LogP contribution in [-0.4, -0.2) is 23.2 Å². The van der Waals surface area contributed by atoms with Crippen LogP contribution in [-0.2, 0) is 17.6 Å². The topological polar surface area (TPSA) is 42.4 Å². The Hall–Kier alpha value is -1.58. The summed E-state index contributed by atoms with van der Waals surface area (Å²) in [7, 11) is 0. The fraction of sp³-hybridized carbons (Fsp3) is 0.667. The van der Waals surface area contributed by atoms with E-state index < -0.39 is 5.60 Å². The standard InChI is InChI=1S/C16H24N2O2.C2H6/c1-5-7-13-10-9-12-8-6-11-18(14(12)17-13)15(19)20-16(2,3)4;1-2/h9-10H,5-8,11H2,1-4H3;1-2H3. The zero-order valence-electron chi connectivity index (χ0n) is 14.9. The minimum absolute atomic E-state index is 0.292. The molecule has 1 aliphatic heterocycles. The quantitative estimate of drug-likeness (QED) is 0.792. The zero-order chi connectivity index (χ0) is 16.8. The molecule has 1 aromatic heterocycles. The predicted molar refractivity (Wildman–Crippen MR) is 91.5 cm³/mol. The van der Waals surface area contributed by atoms with Crippen LogP contribution in [0, 0.1) is 0 Å². The average molecular weight is 306 g/mol. The lowest BCUT2D eigenvalue weighted by atomic mass is 10.0. The van der Waals surface area contributed by atoms with Gasteiger partial charge in [0, 0.05) is 12.2 Å². The van der Waals surface area contributed by atoms with Crippen LogP contribution >= 0.6 is 0 Å². The SMILES string of the molecule is CC.CCCc1ccc2c(n1)N(C(=O)OC(C)(C)C)CCC2. The van der Waals surface area contributed by atoms with E-state index >= 15 is 0 Å². The largest absolute Gasteiger partial charge is 0.443 e. The van der Waals surface area contributed by atoms with Crippen LogP contribution in [0.5, 0.6) is 0 Å². The normalized spacial score (nSPS) is 13.8. The van der Waals surface area contributed by atoms with Crippen molar-refractivity contribution in [3.05, 3.63) is 23.4 Å². The highest BCUT2D eigenvalue weighted by Crippen LogP contribution is 2.27. The molecule has 4 heteroatoms. The van der Waals surface area contributed by atoms with Gasteiger partial charge in [0.1, 0.15) is 11.4 Å². The third kappa shape index (κ3) is 5.00. The molecule has 0 saturated carbocycles. The number of fused-ring (bicyclic) bond motifs is 1. The number of carbonyl (C=O) groups excluding carboxylic acids is 1. The number of hydrogen-bond donors (Lipinski definition) is 0. The summed E-state index contributed by atoms with van der Waals surface area (Å²) in [6.07, 6.45) is 3.64. The van der Waals surface area contributed by atoms with Gasteiger partial charge < -0.3 is 4.74 Å². The van der Waals surface area contributed by atoms with Gasteiger partial charge in [0.25, 0.3) is 0 Å². The maximum atomic E-state index is 12.3. The van der Waals surface area contributed by atoms with E-state index in [1.807, 2.05) is 34.6 Å². The highest BCUT2D eigenvalue weighted by molar-refractivity contribution is 5.88. The van der Waals surface area contributed by atoms with Crippen LogP contribution in [0.25, 0.3) is 0 Å². The van der Waals surface area contributed by atoms with Crippen LogP contribution in [0.3, 0.4) is 0 Å². The third-order valence-electron chi connectivity index (χ3n) is 3.22. The molecular weight excluding hydrogens is 276 g/mol. The summed E-state index contributed by atoms with van der Waals surface area (Å²) < 4.78 is 5.48. The molecule has 0 aromatic carbocycles. The van der Waals surface area contributed by atoms with Crippen molar-refractivity contribution in [3.63, 3.8) is 0 Å². The fourth-order valence-electron chi connectivity index (χ4n) is 2.37. The Morgan fingerprint density at radius 3 is 2.59 bits per heavy atom. The summed E-state index contributed by atoms with van der Waals surface area (Å²) in [5.41, 5.74) is 1.71. The Morgan fingerprint density at radius 1 is 1.32 bits per heavy atom. The molecule has 0 spiro atoms. The number of carbonyl (C=O) groups is 1. The van der Waals surface area contributed by atoms with Crippen molar-refractivity contribution in [2.24, 2.45) is 0 Å². The second-order valence-electron chi connectivity index (χ2n) is 6.27. The summed E-state index contributed by atoms with van der Waals surface area (Å²) in [4.78, 5) is 18.7. The second-order valence-corrected chi connectivity index (χ2v) is 6.27. The van der Waals surface area contributed by atoms with E-state index in [0.717, 1.165) is 42.8 Å². The number of pyridine rings is 1. The number of aromatic nitrogens is 1. The molecule has 0 unspecified atom stereocenters. The van der Waals surface area contributed by atoms with Crippen LogP contribution < -0.4 is 4.90 Å². The van der Waals surface area contributed by atoms with Crippen LogP contribution in [0.4, 0.5) is 10.6 Å². The zero-order valence-corrected chi connectivity index (χ0v) is 14.9. The first kappa shape index (κ1) is 18.5. The minimum atomic E-state index is -0.476. The number of amides is 1. The molecular formula is C18H30N2O2. The van der Waals surface area contributed by atoms with Crippen molar-refractivity contribution >= 4 is 11.9 Å². The fourth-order valence-corrected chi connectivity index (χ4v) is 2.37. The van der Waals surface area contributed by atoms with E-state index in [1.165, 1.54) is 0 Å². The number of nitrogens with zero attached hydrogens (tertiary/aromatic N) is 2. The van der Waals surface area contributed by atoms with Crippen LogP contribution in [0.1, 0.15) is 65.6 Å². The molecule has 0 bridgehead atoms. The monoisotopic (exact) mass is 306 g/mol. The van der Waals surface area contributed by atoms with E-state index in [4.69, 9.17) is 4.74 Å². The molecule has 2 heterocycles. The summed E-state index contributed by atoms with van der Waals surface area (Å²) in [6, 6.07) is 4.17. The van der Waals surface area contributed by atoms with Crippen molar-refractivity contribution in [1.82, 2.24) is 4.98 Å². The Kier molecular flexibility index (Phi) is 6.85. The van der Waals surface area contributed by atoms with Crippen molar-refractivity contribution in [2.75, 3.05) is 11.4 Å². The minimum Gasteiger partial charge on any atom is -0.443 e. The number of hydrogen-bond acceptors (Lipinski definition) is 3. The Balaban J connectivity index is 0.00000116. The Bertz CT molecular complexity index is 492. The molecule has 1 aliphatic rings. The molecule has 124 valence electrons. The highest BCUT2D eigenvalue weighted by Gasteiger charge is 2.28. The summed E-state index contributed by atoms with van der Waals surface area (Å²) in [5, 5.41) is 0. The van der Waals surface area contributed by atoms with Gasteiger partial charge in [0.2, 0.25) is 0 Å². The third-order valence-corrected chi connectivity index (χ3v) is 3.22. The lowest BCUT2D eigenvalue weighted by Gasteiger charge is -2.31. The smallest absolute Gasteiger partial charge is 0.416 e. The first-order chi connectivity index (χ1) is 10.4. The van der Waals surface area contributed by atoms with E-state index in [2.05, 4.69) is 24.0 Å². The molecule has 0 atom stereocenters. The van der Waals surface area contributed by atoms with E-state index in [1.54, 1.807) is 4.90 Å². The molecule has 0 saturated heterocycles. The van der Waals surface area contributed by atoms with E-state index in [0.29, 0.717) is 6.54 Å². The van der Waals surface area contributed by atoms with E-state index in [9.17, 15) is 4.79 Å². The Labute approximate surface area is 134 Å². The van der Waals surface area contributed by atoms with Gasteiger partial charge in [-0.25, -0.2) is 9.78 Å². The molecule has 0 radical (unpaired) electrons. The maximum absolute atomic E-state index is 12.3. The first-order valence-electron chi connectivity index (χ1n) is 8.40. The van der Waals surface area contributed by atoms with Gasteiger partial charge in [-0.05, 0) is 51.7 Å². The van der Waals surface area contributed by atoms with Gasteiger partial charge in [-0.1, -0.05) is 33.3 Å². The molecule has 22 heavy (non-hydrogen) atoms. The van der Waals surface area contributed by atoms with Crippen molar-refractivity contribution in [2.45, 2.75) is 72.8 Å². The van der Waals surface area contributed by atoms with Crippen LogP contribution in [0.2, 0.25) is 0 Å². The lowest BCUT2D eigenvalue weighted by molar-refractivity contribution is 0.0576. The summed E-state index contributed by atoms with van der Waals surface area (Å²) in [5.74, 6) is 0.788. The van der Waals surface area contributed by atoms with Gasteiger partial charge in [0.05, 0.1) is 0 Å². The number of ether oxygens (including phenoxy) is 1. The van der Waals surface area contributed by atoms with Gasteiger partial charge >= 0.3 is 6.09 Å². The predicted octanol–water partition coefficient (Wildman–Crippen LogP) is 4.75. The average Bonchev–Trinajstić information content (AvgIpc) is 2.47. The Morgan fingerprint density at radius 2 is 2.00 bits per heavy atom.